The average Bonchev–Trinajstić information content (AvgIpc) is 2.26. The predicted octanol–water partition coefficient (Wildman–Crippen LogP) is 0.0573. The summed E-state index contributed by atoms with van der Waals surface area (Å²) < 4.78 is 0. The fourth-order valence-corrected chi connectivity index (χ4v) is 1.08. The van der Waals surface area contributed by atoms with Crippen molar-refractivity contribution in [1.29, 1.82) is 0 Å². The number of rotatable bonds is 4. The first-order valence-electron chi connectivity index (χ1n) is 5.04. The molecule has 0 radical (unpaired) electrons. The second-order valence-corrected chi connectivity index (χ2v) is 3.48. The molecule has 1 atom stereocenters. The maximum absolute atomic E-state index is 11.3. The Bertz CT molecular complexity index is 422. The minimum absolute atomic E-state index is 0.224. The highest BCUT2D eigenvalue weighted by Gasteiger charge is 2.13. The molecule has 7 nitrogen and oxygen atoms in total. The summed E-state index contributed by atoms with van der Waals surface area (Å²) in [7, 11) is 0. The molecule has 92 valence electrons. The van der Waals surface area contributed by atoms with Crippen molar-refractivity contribution in [3.05, 3.63) is 23.8 Å². The molecule has 0 spiro atoms. The number of nitrogens with zero attached hydrogens (tertiary/aromatic N) is 2. The summed E-state index contributed by atoms with van der Waals surface area (Å²) in [6.07, 6.45) is 1.59. The Hall–Kier alpha value is -2.18. The standard InChI is InChI=1S/C10H14N4O3/c1-6(9(15)16)13-10(17)12-5-8-3-4-11-7(2)14-8/h3-4,6H,5H2,1-2H3,(H,15,16)(H2,12,13,17). The van der Waals surface area contributed by atoms with Crippen molar-refractivity contribution in [2.24, 2.45) is 0 Å². The zero-order valence-electron chi connectivity index (χ0n) is 9.60. The van der Waals surface area contributed by atoms with E-state index in [1.165, 1.54) is 6.92 Å². The van der Waals surface area contributed by atoms with Gasteiger partial charge in [-0.3, -0.25) is 4.79 Å². The van der Waals surface area contributed by atoms with Gasteiger partial charge in [-0.15, -0.1) is 0 Å². The number of aryl methyl sites for hydroxylation is 1. The number of aliphatic carboxylic acids is 1. The molecule has 17 heavy (non-hydrogen) atoms. The number of hydrogen-bond acceptors (Lipinski definition) is 4. The quantitative estimate of drug-likeness (QED) is 0.688. The number of carbonyl (C=O) groups is 2. The van der Waals surface area contributed by atoms with Crippen LogP contribution in [-0.4, -0.2) is 33.1 Å². The molecule has 1 heterocycles. The molecule has 7 heteroatoms. The van der Waals surface area contributed by atoms with E-state index < -0.39 is 18.0 Å². The van der Waals surface area contributed by atoms with Gasteiger partial charge < -0.3 is 15.7 Å². The summed E-state index contributed by atoms with van der Waals surface area (Å²) >= 11 is 0. The monoisotopic (exact) mass is 238 g/mol. The number of nitrogens with one attached hydrogen (secondary N) is 2. The summed E-state index contributed by atoms with van der Waals surface area (Å²) in [5.74, 6) is -0.471. The van der Waals surface area contributed by atoms with Crippen molar-refractivity contribution in [3.8, 4) is 0 Å². The third kappa shape index (κ3) is 4.45. The van der Waals surface area contributed by atoms with Crippen LogP contribution in [-0.2, 0) is 11.3 Å². The van der Waals surface area contributed by atoms with Gasteiger partial charge in [0.05, 0.1) is 12.2 Å². The van der Waals surface area contributed by atoms with Gasteiger partial charge in [0.15, 0.2) is 0 Å². The van der Waals surface area contributed by atoms with E-state index >= 15 is 0 Å². The molecule has 1 aromatic rings. The van der Waals surface area contributed by atoms with Gasteiger partial charge in [0, 0.05) is 6.20 Å². The molecule has 0 aromatic carbocycles. The Morgan fingerprint density at radius 2 is 2.24 bits per heavy atom. The minimum Gasteiger partial charge on any atom is -0.480 e. The van der Waals surface area contributed by atoms with Crippen LogP contribution >= 0.6 is 0 Å². The molecule has 0 aliphatic carbocycles. The van der Waals surface area contributed by atoms with E-state index in [4.69, 9.17) is 5.11 Å². The predicted molar refractivity (Wildman–Crippen MR) is 59.2 cm³/mol. The first kappa shape index (κ1) is 12.9. The first-order chi connectivity index (χ1) is 7.99. The topological polar surface area (TPSA) is 104 Å². The van der Waals surface area contributed by atoms with E-state index in [1.54, 1.807) is 19.2 Å². The van der Waals surface area contributed by atoms with Crippen LogP contribution in [0.4, 0.5) is 4.79 Å². The van der Waals surface area contributed by atoms with Crippen LogP contribution in [0.5, 0.6) is 0 Å². The second-order valence-electron chi connectivity index (χ2n) is 3.48. The van der Waals surface area contributed by atoms with E-state index in [1.807, 2.05) is 0 Å². The fraction of sp³-hybridized carbons (Fsp3) is 0.400. The van der Waals surface area contributed by atoms with Gasteiger partial charge in [0.1, 0.15) is 11.9 Å². The molecular formula is C10H14N4O3. The lowest BCUT2D eigenvalue weighted by Gasteiger charge is -2.10. The highest BCUT2D eigenvalue weighted by Crippen LogP contribution is 1.93. The fourth-order valence-electron chi connectivity index (χ4n) is 1.08. The van der Waals surface area contributed by atoms with Crippen molar-refractivity contribution in [2.75, 3.05) is 0 Å². The highest BCUT2D eigenvalue weighted by molar-refractivity contribution is 5.82. The number of carboxylic acids is 1. The molecule has 0 aliphatic heterocycles. The Balaban J connectivity index is 2.41. The maximum Gasteiger partial charge on any atom is 0.325 e. The highest BCUT2D eigenvalue weighted by atomic mass is 16.4. The van der Waals surface area contributed by atoms with Crippen LogP contribution < -0.4 is 10.6 Å². The molecule has 0 saturated carbocycles. The number of urea groups is 1. The Labute approximate surface area is 98.3 Å². The van der Waals surface area contributed by atoms with Crippen molar-refractivity contribution < 1.29 is 14.7 Å². The largest absolute Gasteiger partial charge is 0.480 e. The lowest BCUT2D eigenvalue weighted by molar-refractivity contribution is -0.138. The average molecular weight is 238 g/mol. The van der Waals surface area contributed by atoms with Crippen LogP contribution in [0.3, 0.4) is 0 Å². The molecule has 2 amide bonds. The summed E-state index contributed by atoms with van der Waals surface area (Å²) in [5, 5.41) is 13.4. The Morgan fingerprint density at radius 1 is 1.53 bits per heavy atom. The van der Waals surface area contributed by atoms with E-state index in [2.05, 4.69) is 20.6 Å². The molecule has 0 aliphatic rings. The van der Waals surface area contributed by atoms with Crippen LogP contribution in [0.1, 0.15) is 18.4 Å². The summed E-state index contributed by atoms with van der Waals surface area (Å²) in [6.45, 7) is 3.36. The minimum atomic E-state index is -1.09. The van der Waals surface area contributed by atoms with Gasteiger partial charge in [-0.2, -0.15) is 0 Å². The molecule has 0 saturated heterocycles. The first-order valence-corrected chi connectivity index (χ1v) is 5.04. The normalized spacial score (nSPS) is 11.6. The van der Waals surface area contributed by atoms with Crippen LogP contribution in [0, 0.1) is 6.92 Å². The molecule has 1 aromatic heterocycles. The van der Waals surface area contributed by atoms with Gasteiger partial charge in [-0.05, 0) is 19.9 Å². The summed E-state index contributed by atoms with van der Waals surface area (Å²) in [4.78, 5) is 29.8. The van der Waals surface area contributed by atoms with E-state index in [0.29, 0.717) is 11.5 Å². The van der Waals surface area contributed by atoms with Crippen molar-refractivity contribution >= 4 is 12.0 Å². The third-order valence-electron chi connectivity index (χ3n) is 1.98. The van der Waals surface area contributed by atoms with Gasteiger partial charge >= 0.3 is 12.0 Å². The van der Waals surface area contributed by atoms with Crippen LogP contribution in [0.25, 0.3) is 0 Å². The smallest absolute Gasteiger partial charge is 0.325 e. The molecular weight excluding hydrogens is 224 g/mol. The van der Waals surface area contributed by atoms with Crippen molar-refractivity contribution in [3.63, 3.8) is 0 Å². The summed E-state index contributed by atoms with van der Waals surface area (Å²) in [6, 6.07) is 0.201. The summed E-state index contributed by atoms with van der Waals surface area (Å²) in [5.41, 5.74) is 0.663. The van der Waals surface area contributed by atoms with Gasteiger partial charge in [0.2, 0.25) is 0 Å². The van der Waals surface area contributed by atoms with Crippen LogP contribution in [0.15, 0.2) is 12.3 Å². The Morgan fingerprint density at radius 3 is 2.82 bits per heavy atom. The van der Waals surface area contributed by atoms with E-state index in [-0.39, 0.29) is 6.54 Å². The third-order valence-corrected chi connectivity index (χ3v) is 1.98. The number of carboxylic acid groups (broad SMARTS) is 1. The maximum atomic E-state index is 11.3. The number of aromatic nitrogens is 2. The van der Waals surface area contributed by atoms with Crippen LogP contribution in [0.2, 0.25) is 0 Å². The van der Waals surface area contributed by atoms with Gasteiger partial charge in [0.25, 0.3) is 0 Å². The second kappa shape index (κ2) is 5.78. The SMILES string of the molecule is Cc1nccc(CNC(=O)NC(C)C(=O)O)n1. The molecule has 0 fully saturated rings. The zero-order valence-corrected chi connectivity index (χ0v) is 9.60. The number of amides is 2. The van der Waals surface area contributed by atoms with E-state index in [9.17, 15) is 9.59 Å². The lowest BCUT2D eigenvalue weighted by atomic mass is 10.3. The molecule has 1 rings (SSSR count). The number of hydrogen-bond donors (Lipinski definition) is 3. The van der Waals surface area contributed by atoms with E-state index in [0.717, 1.165) is 0 Å². The van der Waals surface area contributed by atoms with Crippen molar-refractivity contribution in [2.45, 2.75) is 26.4 Å². The van der Waals surface area contributed by atoms with Gasteiger partial charge in [-0.1, -0.05) is 0 Å². The molecule has 3 N–H and O–H groups in total. The van der Waals surface area contributed by atoms with Crippen molar-refractivity contribution in [1.82, 2.24) is 20.6 Å². The van der Waals surface area contributed by atoms with Gasteiger partial charge in [-0.25, -0.2) is 14.8 Å². The molecule has 1 unspecified atom stereocenters. The molecule has 0 bridgehead atoms. The Kier molecular flexibility index (Phi) is 4.38. The number of carbonyl (C=O) groups excluding carboxylic acids is 1. The zero-order chi connectivity index (χ0) is 12.8. The lowest BCUT2D eigenvalue weighted by Crippen LogP contribution is -2.44.